The predicted molar refractivity (Wildman–Crippen MR) is 98.0 cm³/mol. The number of carbonyl (C=O) groups excluding carboxylic acids is 1. The molecule has 1 aliphatic heterocycles. The first kappa shape index (κ1) is 16.4. The summed E-state index contributed by atoms with van der Waals surface area (Å²) in [6, 6.07) is 13.4. The first-order valence-corrected chi connectivity index (χ1v) is 8.42. The van der Waals surface area contributed by atoms with Gasteiger partial charge in [0.25, 0.3) is 11.6 Å². The Kier molecular flexibility index (Phi) is 4.77. The standard InChI is InChI=1S/C16H10BrN3O3S/c17-11-2-1-3-12(9-11)18-16-19-15(21)14(24-16)8-10-4-6-13(7-5-10)20(22)23/h1-9H,(H,18,19,21)/b14-8-. The van der Waals surface area contributed by atoms with Gasteiger partial charge in [0, 0.05) is 16.6 Å². The van der Waals surface area contributed by atoms with Gasteiger partial charge in [0.15, 0.2) is 5.17 Å². The Bertz CT molecular complexity index is 878. The third-order valence-corrected chi connectivity index (χ3v) is 4.49. The predicted octanol–water partition coefficient (Wildman–Crippen LogP) is 4.25. The fourth-order valence-corrected chi connectivity index (χ4v) is 3.22. The number of nitrogens with zero attached hydrogens (tertiary/aromatic N) is 2. The Balaban J connectivity index is 1.80. The quantitative estimate of drug-likeness (QED) is 0.471. The molecule has 0 aliphatic carbocycles. The Morgan fingerprint density at radius 3 is 2.62 bits per heavy atom. The number of hydrogen-bond donors (Lipinski definition) is 1. The van der Waals surface area contributed by atoms with Crippen LogP contribution in [0.2, 0.25) is 0 Å². The molecule has 2 aromatic rings. The van der Waals surface area contributed by atoms with Gasteiger partial charge >= 0.3 is 0 Å². The highest BCUT2D eigenvalue weighted by molar-refractivity contribution is 9.10. The van der Waals surface area contributed by atoms with Crippen LogP contribution >= 0.6 is 27.7 Å². The van der Waals surface area contributed by atoms with Crippen molar-refractivity contribution in [1.82, 2.24) is 5.32 Å². The third-order valence-electron chi connectivity index (χ3n) is 3.09. The van der Waals surface area contributed by atoms with Crippen LogP contribution in [0.1, 0.15) is 5.56 Å². The number of benzene rings is 2. The minimum Gasteiger partial charge on any atom is -0.300 e. The SMILES string of the molecule is O=C1NC(=Nc2cccc(Br)c2)S/C1=C\c1ccc([N+](=O)[O-])cc1. The van der Waals surface area contributed by atoms with Gasteiger partial charge in [-0.25, -0.2) is 4.99 Å². The molecule has 0 aromatic heterocycles. The average molecular weight is 404 g/mol. The maximum Gasteiger partial charge on any atom is 0.269 e. The molecule has 0 unspecified atom stereocenters. The minimum absolute atomic E-state index is 0.0117. The van der Waals surface area contributed by atoms with Crippen LogP contribution in [0.3, 0.4) is 0 Å². The molecule has 0 radical (unpaired) electrons. The molecule has 1 saturated heterocycles. The van der Waals surface area contributed by atoms with Crippen LogP contribution in [0.25, 0.3) is 6.08 Å². The summed E-state index contributed by atoms with van der Waals surface area (Å²) in [6.45, 7) is 0. The van der Waals surface area contributed by atoms with Gasteiger partial charge in [-0.05, 0) is 53.7 Å². The normalized spacial score (nSPS) is 17.3. The number of halogens is 1. The van der Waals surface area contributed by atoms with Gasteiger partial charge in [-0.3, -0.25) is 14.9 Å². The smallest absolute Gasteiger partial charge is 0.269 e. The second-order valence-corrected chi connectivity index (χ2v) is 6.76. The van der Waals surface area contributed by atoms with Gasteiger partial charge in [-0.15, -0.1) is 0 Å². The van der Waals surface area contributed by atoms with Crippen molar-refractivity contribution in [3.8, 4) is 0 Å². The van der Waals surface area contributed by atoms with Crippen molar-refractivity contribution in [1.29, 1.82) is 0 Å². The molecule has 0 saturated carbocycles. The molecule has 1 fully saturated rings. The van der Waals surface area contributed by atoms with E-state index in [-0.39, 0.29) is 11.6 Å². The summed E-state index contributed by atoms with van der Waals surface area (Å²) in [5.74, 6) is -0.243. The molecular weight excluding hydrogens is 394 g/mol. The van der Waals surface area contributed by atoms with Crippen molar-refractivity contribution >= 4 is 56.2 Å². The lowest BCUT2D eigenvalue weighted by molar-refractivity contribution is -0.384. The number of carbonyl (C=O) groups is 1. The summed E-state index contributed by atoms with van der Waals surface area (Å²) in [7, 11) is 0. The lowest BCUT2D eigenvalue weighted by Crippen LogP contribution is -2.19. The van der Waals surface area contributed by atoms with Gasteiger partial charge in [0.2, 0.25) is 0 Å². The van der Waals surface area contributed by atoms with Crippen LogP contribution in [-0.2, 0) is 4.79 Å². The maximum absolute atomic E-state index is 12.0. The third kappa shape index (κ3) is 3.90. The Morgan fingerprint density at radius 2 is 1.96 bits per heavy atom. The molecule has 1 N–H and O–H groups in total. The number of nitrogens with one attached hydrogen (secondary N) is 1. The first-order valence-electron chi connectivity index (χ1n) is 6.81. The van der Waals surface area contributed by atoms with Crippen molar-refractivity contribution in [2.45, 2.75) is 0 Å². The highest BCUT2D eigenvalue weighted by Gasteiger charge is 2.23. The number of hydrogen-bond acceptors (Lipinski definition) is 5. The van der Waals surface area contributed by atoms with E-state index in [0.29, 0.717) is 15.6 Å². The molecule has 3 rings (SSSR count). The second kappa shape index (κ2) is 6.98. The molecule has 2 aromatic carbocycles. The van der Waals surface area contributed by atoms with Crippen LogP contribution in [0.4, 0.5) is 11.4 Å². The van der Waals surface area contributed by atoms with Gasteiger partial charge in [-0.2, -0.15) is 0 Å². The molecular formula is C16H10BrN3O3S. The molecule has 0 spiro atoms. The van der Waals surface area contributed by atoms with Gasteiger partial charge in [0.05, 0.1) is 15.5 Å². The van der Waals surface area contributed by atoms with E-state index in [1.54, 1.807) is 18.2 Å². The van der Waals surface area contributed by atoms with Crippen molar-refractivity contribution in [2.24, 2.45) is 4.99 Å². The van der Waals surface area contributed by atoms with Crippen LogP contribution in [-0.4, -0.2) is 16.0 Å². The Labute approximate surface area is 150 Å². The van der Waals surface area contributed by atoms with Crippen molar-refractivity contribution < 1.29 is 9.72 Å². The fraction of sp³-hybridized carbons (Fsp3) is 0. The molecule has 8 heteroatoms. The monoisotopic (exact) mass is 403 g/mol. The summed E-state index contributed by atoms with van der Waals surface area (Å²) < 4.78 is 0.903. The molecule has 1 aliphatic rings. The van der Waals surface area contributed by atoms with Crippen LogP contribution < -0.4 is 5.32 Å². The summed E-state index contributed by atoms with van der Waals surface area (Å²) in [6.07, 6.45) is 1.67. The highest BCUT2D eigenvalue weighted by atomic mass is 79.9. The number of nitro benzene ring substituents is 1. The largest absolute Gasteiger partial charge is 0.300 e. The zero-order chi connectivity index (χ0) is 17.1. The van der Waals surface area contributed by atoms with Crippen molar-refractivity contribution in [3.05, 3.63) is 73.6 Å². The Morgan fingerprint density at radius 1 is 1.21 bits per heavy atom. The van der Waals surface area contributed by atoms with E-state index in [1.807, 2.05) is 24.3 Å². The summed E-state index contributed by atoms with van der Waals surface area (Å²) in [4.78, 5) is 27.1. The van der Waals surface area contributed by atoms with E-state index in [0.717, 1.165) is 10.2 Å². The molecule has 1 amide bonds. The Hall–Kier alpha value is -2.45. The fourth-order valence-electron chi connectivity index (χ4n) is 1.99. The topological polar surface area (TPSA) is 84.6 Å². The maximum atomic E-state index is 12.0. The number of non-ortho nitro benzene ring substituents is 1. The number of amides is 1. The summed E-state index contributed by atoms with van der Waals surface area (Å²) >= 11 is 4.60. The zero-order valence-electron chi connectivity index (χ0n) is 12.1. The van der Waals surface area contributed by atoms with Gasteiger partial charge in [-0.1, -0.05) is 22.0 Å². The van der Waals surface area contributed by atoms with Gasteiger partial charge in [0.1, 0.15) is 0 Å². The van der Waals surface area contributed by atoms with Gasteiger partial charge < -0.3 is 5.32 Å². The van der Waals surface area contributed by atoms with Crippen LogP contribution in [0.15, 0.2) is 62.9 Å². The average Bonchev–Trinajstić information content (AvgIpc) is 2.87. The second-order valence-electron chi connectivity index (χ2n) is 4.81. The van der Waals surface area contributed by atoms with Crippen LogP contribution in [0.5, 0.6) is 0 Å². The lowest BCUT2D eigenvalue weighted by atomic mass is 10.2. The lowest BCUT2D eigenvalue weighted by Gasteiger charge is -1.97. The first-order chi connectivity index (χ1) is 11.5. The van der Waals surface area contributed by atoms with E-state index >= 15 is 0 Å². The molecule has 0 atom stereocenters. The zero-order valence-corrected chi connectivity index (χ0v) is 14.5. The molecule has 120 valence electrons. The minimum atomic E-state index is -0.462. The number of thioether (sulfide) groups is 1. The molecule has 1 heterocycles. The van der Waals surface area contributed by atoms with Crippen molar-refractivity contribution in [2.75, 3.05) is 0 Å². The van der Waals surface area contributed by atoms with E-state index in [9.17, 15) is 14.9 Å². The highest BCUT2D eigenvalue weighted by Crippen LogP contribution is 2.29. The number of aliphatic imine (C=N–C) groups is 1. The van der Waals surface area contributed by atoms with E-state index in [1.165, 1.54) is 23.9 Å². The molecule has 24 heavy (non-hydrogen) atoms. The summed E-state index contributed by atoms with van der Waals surface area (Å²) in [5.41, 5.74) is 1.45. The van der Waals surface area contributed by atoms with E-state index in [4.69, 9.17) is 0 Å². The van der Waals surface area contributed by atoms with Crippen LogP contribution in [0, 0.1) is 10.1 Å². The molecule has 6 nitrogen and oxygen atoms in total. The number of nitro groups is 1. The van der Waals surface area contributed by atoms with Crippen molar-refractivity contribution in [3.63, 3.8) is 0 Å². The molecule has 0 bridgehead atoms. The summed E-state index contributed by atoms with van der Waals surface area (Å²) in [5, 5.41) is 13.8. The van der Waals surface area contributed by atoms with E-state index < -0.39 is 4.92 Å². The number of rotatable bonds is 3. The van der Waals surface area contributed by atoms with E-state index in [2.05, 4.69) is 26.2 Å². The number of amidine groups is 1.